The third kappa shape index (κ3) is 2.70. The van der Waals surface area contributed by atoms with Crippen LogP contribution in [-0.2, 0) is 0 Å². The lowest BCUT2D eigenvalue weighted by atomic mass is 9.82. The molecule has 2 N–H and O–H groups in total. The van der Waals surface area contributed by atoms with Gasteiger partial charge in [0.2, 0.25) is 0 Å². The summed E-state index contributed by atoms with van der Waals surface area (Å²) in [6, 6.07) is 9.12. The van der Waals surface area contributed by atoms with Gasteiger partial charge in [0, 0.05) is 30.2 Å². The minimum Gasteiger partial charge on any atom is -0.493 e. The molecule has 1 aromatic carbocycles. The molecule has 3 rings (SSSR count). The van der Waals surface area contributed by atoms with Crippen molar-refractivity contribution < 1.29 is 9.84 Å². The molecule has 0 spiro atoms. The van der Waals surface area contributed by atoms with Crippen LogP contribution in [0.4, 0.5) is 0 Å². The second kappa shape index (κ2) is 6.15. The molecular formula is C17H25NO2. The molecule has 20 heavy (non-hydrogen) atoms. The van der Waals surface area contributed by atoms with E-state index in [0.29, 0.717) is 30.5 Å². The Morgan fingerprint density at radius 3 is 2.90 bits per heavy atom. The third-order valence-electron chi connectivity index (χ3n) is 4.86. The van der Waals surface area contributed by atoms with Crippen LogP contribution in [0.15, 0.2) is 24.3 Å². The fourth-order valence-electron chi connectivity index (χ4n) is 3.62. The molecule has 1 heterocycles. The van der Waals surface area contributed by atoms with E-state index in [0.717, 1.165) is 18.8 Å². The van der Waals surface area contributed by atoms with Crippen LogP contribution < -0.4 is 10.1 Å². The first kappa shape index (κ1) is 13.9. The van der Waals surface area contributed by atoms with E-state index in [9.17, 15) is 5.11 Å². The molecule has 4 atom stereocenters. The molecule has 2 aliphatic rings. The van der Waals surface area contributed by atoms with E-state index in [2.05, 4.69) is 30.4 Å². The van der Waals surface area contributed by atoms with Gasteiger partial charge in [0.15, 0.2) is 0 Å². The largest absolute Gasteiger partial charge is 0.493 e. The molecule has 0 aromatic heterocycles. The van der Waals surface area contributed by atoms with Crippen LogP contribution in [-0.4, -0.2) is 24.4 Å². The van der Waals surface area contributed by atoms with E-state index in [-0.39, 0.29) is 0 Å². The zero-order valence-corrected chi connectivity index (χ0v) is 12.2. The highest BCUT2D eigenvalue weighted by Crippen LogP contribution is 2.37. The average molecular weight is 275 g/mol. The first-order valence-corrected chi connectivity index (χ1v) is 7.88. The van der Waals surface area contributed by atoms with Gasteiger partial charge in [0.05, 0.1) is 6.61 Å². The van der Waals surface area contributed by atoms with Crippen molar-refractivity contribution in [2.75, 3.05) is 13.2 Å². The van der Waals surface area contributed by atoms with Gasteiger partial charge < -0.3 is 15.2 Å². The Morgan fingerprint density at radius 1 is 1.25 bits per heavy atom. The molecule has 0 bridgehead atoms. The van der Waals surface area contributed by atoms with E-state index in [4.69, 9.17) is 4.74 Å². The monoisotopic (exact) mass is 275 g/mol. The maximum atomic E-state index is 9.59. The maximum absolute atomic E-state index is 9.59. The molecule has 1 saturated carbocycles. The van der Waals surface area contributed by atoms with Crippen molar-refractivity contribution in [3.05, 3.63) is 29.8 Å². The summed E-state index contributed by atoms with van der Waals surface area (Å²) >= 11 is 0. The van der Waals surface area contributed by atoms with Crippen molar-refractivity contribution in [2.24, 2.45) is 11.8 Å². The van der Waals surface area contributed by atoms with Crippen molar-refractivity contribution in [3.63, 3.8) is 0 Å². The molecule has 1 aliphatic heterocycles. The Morgan fingerprint density at radius 2 is 2.05 bits per heavy atom. The van der Waals surface area contributed by atoms with Gasteiger partial charge in [0.25, 0.3) is 0 Å². The highest BCUT2D eigenvalue weighted by Gasteiger charge is 2.32. The molecule has 1 aromatic rings. The predicted molar refractivity (Wildman–Crippen MR) is 79.8 cm³/mol. The van der Waals surface area contributed by atoms with Gasteiger partial charge in [-0.1, -0.05) is 38.0 Å². The summed E-state index contributed by atoms with van der Waals surface area (Å²) in [6.07, 6.45) is 4.85. The minimum atomic E-state index is 0.302. The lowest BCUT2D eigenvalue weighted by Crippen LogP contribution is -2.45. The van der Waals surface area contributed by atoms with Crippen LogP contribution in [0, 0.1) is 11.8 Å². The Balaban J connectivity index is 1.78. The van der Waals surface area contributed by atoms with Gasteiger partial charge in [-0.25, -0.2) is 0 Å². The van der Waals surface area contributed by atoms with E-state index < -0.39 is 0 Å². The molecule has 3 nitrogen and oxygen atoms in total. The maximum Gasteiger partial charge on any atom is 0.124 e. The van der Waals surface area contributed by atoms with Crippen LogP contribution in [0.5, 0.6) is 5.75 Å². The van der Waals surface area contributed by atoms with Crippen molar-refractivity contribution in [1.29, 1.82) is 0 Å². The summed E-state index contributed by atoms with van der Waals surface area (Å²) in [7, 11) is 0. The van der Waals surface area contributed by atoms with Gasteiger partial charge in [-0.05, 0) is 24.8 Å². The fourth-order valence-corrected chi connectivity index (χ4v) is 3.62. The number of fused-ring (bicyclic) bond motifs is 1. The first-order chi connectivity index (χ1) is 9.79. The summed E-state index contributed by atoms with van der Waals surface area (Å²) in [4.78, 5) is 0. The molecule has 1 fully saturated rings. The molecule has 0 radical (unpaired) electrons. The minimum absolute atomic E-state index is 0.302. The number of ether oxygens (including phenoxy) is 1. The van der Waals surface area contributed by atoms with Gasteiger partial charge in [-0.2, -0.15) is 0 Å². The number of nitrogens with one attached hydrogen (secondary N) is 1. The molecule has 0 saturated heterocycles. The lowest BCUT2D eigenvalue weighted by Gasteiger charge is -2.39. The SMILES string of the molecule is CC1COc2ccccc2C1NC1CCCCC1CO. The van der Waals surface area contributed by atoms with Crippen molar-refractivity contribution in [3.8, 4) is 5.75 Å². The number of hydrogen-bond donors (Lipinski definition) is 2. The average Bonchev–Trinajstić information content (AvgIpc) is 2.50. The van der Waals surface area contributed by atoms with E-state index >= 15 is 0 Å². The van der Waals surface area contributed by atoms with E-state index in [1.807, 2.05) is 6.07 Å². The smallest absolute Gasteiger partial charge is 0.124 e. The quantitative estimate of drug-likeness (QED) is 0.891. The van der Waals surface area contributed by atoms with Gasteiger partial charge >= 0.3 is 0 Å². The van der Waals surface area contributed by atoms with Crippen LogP contribution in [0.1, 0.15) is 44.2 Å². The number of hydrogen-bond acceptors (Lipinski definition) is 3. The van der Waals surface area contributed by atoms with Crippen LogP contribution in [0.3, 0.4) is 0 Å². The number of benzene rings is 1. The highest BCUT2D eigenvalue weighted by molar-refractivity contribution is 5.38. The van der Waals surface area contributed by atoms with Crippen molar-refractivity contribution >= 4 is 0 Å². The molecule has 1 aliphatic carbocycles. The highest BCUT2D eigenvalue weighted by atomic mass is 16.5. The summed E-state index contributed by atoms with van der Waals surface area (Å²) < 4.78 is 5.82. The lowest BCUT2D eigenvalue weighted by molar-refractivity contribution is 0.121. The van der Waals surface area contributed by atoms with Crippen LogP contribution >= 0.6 is 0 Å². The molecular weight excluding hydrogens is 250 g/mol. The summed E-state index contributed by atoms with van der Waals surface area (Å²) in [5, 5.41) is 13.4. The molecule has 0 amide bonds. The summed E-state index contributed by atoms with van der Waals surface area (Å²) in [5.74, 6) is 1.89. The van der Waals surface area contributed by atoms with Gasteiger partial charge in [-0.3, -0.25) is 0 Å². The van der Waals surface area contributed by atoms with E-state index in [1.165, 1.54) is 24.8 Å². The zero-order chi connectivity index (χ0) is 13.9. The Bertz CT molecular complexity index is 448. The number of aliphatic hydroxyl groups is 1. The summed E-state index contributed by atoms with van der Waals surface area (Å²) in [6.45, 7) is 3.31. The molecule has 110 valence electrons. The normalized spacial score (nSPS) is 33.3. The summed E-state index contributed by atoms with van der Waals surface area (Å²) in [5.41, 5.74) is 1.27. The van der Waals surface area contributed by atoms with Crippen LogP contribution in [0.25, 0.3) is 0 Å². The number of para-hydroxylation sites is 1. The third-order valence-corrected chi connectivity index (χ3v) is 4.86. The second-order valence-electron chi connectivity index (χ2n) is 6.30. The fraction of sp³-hybridized carbons (Fsp3) is 0.647. The number of aliphatic hydroxyl groups excluding tert-OH is 1. The zero-order valence-electron chi connectivity index (χ0n) is 12.2. The van der Waals surface area contributed by atoms with Crippen molar-refractivity contribution in [1.82, 2.24) is 5.32 Å². The molecule has 4 unspecified atom stereocenters. The topological polar surface area (TPSA) is 41.5 Å². The van der Waals surface area contributed by atoms with Crippen LogP contribution in [0.2, 0.25) is 0 Å². The Hall–Kier alpha value is -1.06. The van der Waals surface area contributed by atoms with E-state index in [1.54, 1.807) is 0 Å². The van der Waals surface area contributed by atoms with Gasteiger partial charge in [-0.15, -0.1) is 0 Å². The first-order valence-electron chi connectivity index (χ1n) is 7.88. The second-order valence-corrected chi connectivity index (χ2v) is 6.30. The number of rotatable bonds is 3. The predicted octanol–water partition coefficient (Wildman–Crippen LogP) is 2.90. The standard InChI is InChI=1S/C17H25NO2/c1-12-11-20-16-9-5-3-7-14(16)17(12)18-15-8-4-2-6-13(15)10-19/h3,5,7,9,12-13,15,17-19H,2,4,6,8,10-11H2,1H3. The molecule has 3 heteroatoms. The Labute approximate surface area is 121 Å². The Kier molecular flexibility index (Phi) is 4.27. The van der Waals surface area contributed by atoms with Crippen molar-refractivity contribution in [2.45, 2.75) is 44.7 Å². The van der Waals surface area contributed by atoms with Gasteiger partial charge in [0.1, 0.15) is 5.75 Å².